The van der Waals surface area contributed by atoms with Crippen LogP contribution in [0.5, 0.6) is 5.75 Å². The van der Waals surface area contributed by atoms with E-state index in [1.54, 1.807) is 7.11 Å². The molecular formula is C28H26N2O3S. The zero-order valence-electron chi connectivity index (χ0n) is 19.2. The molecule has 3 aliphatic heterocycles. The minimum atomic E-state index is -1.08. The Morgan fingerprint density at radius 2 is 1.85 bits per heavy atom. The van der Waals surface area contributed by atoms with E-state index < -0.39 is 11.5 Å². The van der Waals surface area contributed by atoms with E-state index >= 15 is 0 Å². The van der Waals surface area contributed by atoms with Crippen LogP contribution in [-0.4, -0.2) is 41.4 Å². The monoisotopic (exact) mass is 470 g/mol. The van der Waals surface area contributed by atoms with Crippen LogP contribution in [-0.2, 0) is 10.3 Å². The molecule has 1 amide bonds. The van der Waals surface area contributed by atoms with E-state index in [9.17, 15) is 9.59 Å². The zero-order valence-corrected chi connectivity index (χ0v) is 20.0. The highest BCUT2D eigenvalue weighted by Gasteiger charge is 2.69. The highest BCUT2D eigenvalue weighted by molar-refractivity contribution is 7.99. The number of amides is 1. The van der Waals surface area contributed by atoms with E-state index in [0.29, 0.717) is 17.2 Å². The van der Waals surface area contributed by atoms with Crippen molar-refractivity contribution in [3.63, 3.8) is 0 Å². The molecule has 4 unspecified atom stereocenters. The molecule has 3 aromatic rings. The maximum atomic E-state index is 14.4. The van der Waals surface area contributed by atoms with E-state index in [1.807, 2.05) is 79.3 Å². The third-order valence-electron chi connectivity index (χ3n) is 7.63. The molecule has 1 N–H and O–H groups in total. The molecule has 0 aliphatic carbocycles. The number of methoxy groups -OCH3 is 1. The van der Waals surface area contributed by atoms with Gasteiger partial charge in [0.1, 0.15) is 11.3 Å². The van der Waals surface area contributed by atoms with Crippen molar-refractivity contribution in [2.75, 3.05) is 24.1 Å². The van der Waals surface area contributed by atoms with Crippen molar-refractivity contribution < 1.29 is 14.3 Å². The molecule has 0 radical (unpaired) electrons. The number of carbonyl (C=O) groups excluding carboxylic acids is 2. The topological polar surface area (TPSA) is 58.6 Å². The normalized spacial score (nSPS) is 27.5. The Balaban J connectivity index is 1.62. The minimum Gasteiger partial charge on any atom is -0.497 e. The quantitative estimate of drug-likeness (QED) is 0.554. The Bertz CT molecular complexity index is 1280. The number of Topliss-reactive ketones (excluding diaryl/α,β-unsaturated/α-hetero) is 1. The predicted molar refractivity (Wildman–Crippen MR) is 134 cm³/mol. The third-order valence-corrected chi connectivity index (χ3v) is 8.67. The Morgan fingerprint density at radius 1 is 1.09 bits per heavy atom. The number of ether oxygens (including phenoxy) is 1. The number of thioether (sulfide) groups is 1. The van der Waals surface area contributed by atoms with Gasteiger partial charge in [-0.3, -0.25) is 14.5 Å². The highest BCUT2D eigenvalue weighted by Crippen LogP contribution is 2.61. The van der Waals surface area contributed by atoms with E-state index in [1.165, 1.54) is 0 Å². The predicted octanol–water partition coefficient (Wildman–Crippen LogP) is 4.82. The average molecular weight is 471 g/mol. The van der Waals surface area contributed by atoms with Gasteiger partial charge in [-0.2, -0.15) is 0 Å². The summed E-state index contributed by atoms with van der Waals surface area (Å²) in [4.78, 5) is 30.7. The van der Waals surface area contributed by atoms with Gasteiger partial charge in [-0.05, 0) is 30.7 Å². The van der Waals surface area contributed by atoms with Gasteiger partial charge in [-0.25, -0.2) is 0 Å². The van der Waals surface area contributed by atoms with Crippen LogP contribution in [0.4, 0.5) is 5.69 Å². The molecule has 34 heavy (non-hydrogen) atoms. The summed E-state index contributed by atoms with van der Waals surface area (Å²) in [6, 6.07) is 23.7. The second-order valence-electron chi connectivity index (χ2n) is 9.31. The van der Waals surface area contributed by atoms with Crippen molar-refractivity contribution in [3.05, 3.63) is 95.1 Å². The lowest BCUT2D eigenvalue weighted by molar-refractivity contribution is -0.127. The van der Waals surface area contributed by atoms with Gasteiger partial charge in [0.25, 0.3) is 0 Å². The molecule has 2 fully saturated rings. The summed E-state index contributed by atoms with van der Waals surface area (Å²) in [7, 11) is 1.63. The summed E-state index contributed by atoms with van der Waals surface area (Å²) >= 11 is 1.83. The standard InChI is InChI=1S/C28H26N2O3S/c1-17-8-10-19(11-9-17)26(31)25-24(18-6-4-3-5-7-18)23-15-34-16-30(23)28(25)21-14-20(33-2)12-13-22(21)29-27(28)32/h3-14,23-25H,15-16H2,1-2H3,(H,29,32). The molecule has 6 rings (SSSR count). The number of nitrogens with one attached hydrogen (secondary N) is 1. The molecular weight excluding hydrogens is 444 g/mol. The fourth-order valence-electron chi connectivity index (χ4n) is 6.13. The third kappa shape index (κ3) is 2.91. The maximum Gasteiger partial charge on any atom is 0.250 e. The first-order valence-corrected chi connectivity index (χ1v) is 12.7. The first kappa shape index (κ1) is 21.4. The number of aryl methyl sites for hydroxylation is 1. The molecule has 172 valence electrons. The second kappa shape index (κ2) is 8.00. The molecule has 0 bridgehead atoms. The van der Waals surface area contributed by atoms with Crippen LogP contribution in [0, 0.1) is 12.8 Å². The molecule has 1 spiro atoms. The number of fused-ring (bicyclic) bond motifs is 4. The number of benzene rings is 3. The molecule has 3 heterocycles. The van der Waals surface area contributed by atoms with Crippen molar-refractivity contribution in [2.24, 2.45) is 5.92 Å². The average Bonchev–Trinajstić information content (AvgIpc) is 3.52. The number of ketones is 1. The fourth-order valence-corrected chi connectivity index (χ4v) is 7.45. The number of nitrogens with zero attached hydrogens (tertiary/aromatic N) is 1. The van der Waals surface area contributed by atoms with E-state index in [-0.39, 0.29) is 23.7 Å². The van der Waals surface area contributed by atoms with Gasteiger partial charge in [0.2, 0.25) is 5.91 Å². The van der Waals surface area contributed by atoms with Gasteiger partial charge < -0.3 is 10.1 Å². The largest absolute Gasteiger partial charge is 0.497 e. The van der Waals surface area contributed by atoms with Crippen molar-refractivity contribution in [3.8, 4) is 5.75 Å². The molecule has 0 saturated carbocycles. The lowest BCUT2D eigenvalue weighted by Gasteiger charge is -2.36. The molecule has 6 heteroatoms. The van der Waals surface area contributed by atoms with Crippen LogP contribution in [0.15, 0.2) is 72.8 Å². The van der Waals surface area contributed by atoms with Crippen LogP contribution in [0.2, 0.25) is 0 Å². The van der Waals surface area contributed by atoms with Crippen molar-refractivity contribution in [1.29, 1.82) is 0 Å². The molecule has 3 aromatic carbocycles. The lowest BCUT2D eigenvalue weighted by Crippen LogP contribution is -2.52. The lowest BCUT2D eigenvalue weighted by atomic mass is 9.69. The van der Waals surface area contributed by atoms with Crippen LogP contribution in [0.3, 0.4) is 0 Å². The van der Waals surface area contributed by atoms with Crippen molar-refractivity contribution in [2.45, 2.75) is 24.4 Å². The minimum absolute atomic E-state index is 0.0130. The smallest absolute Gasteiger partial charge is 0.250 e. The van der Waals surface area contributed by atoms with Crippen LogP contribution >= 0.6 is 11.8 Å². The highest BCUT2D eigenvalue weighted by atomic mass is 32.2. The summed E-state index contributed by atoms with van der Waals surface area (Å²) in [5.41, 5.74) is 3.37. The van der Waals surface area contributed by atoms with Crippen LogP contribution < -0.4 is 10.1 Å². The van der Waals surface area contributed by atoms with E-state index in [2.05, 4.69) is 22.3 Å². The molecule has 0 aromatic heterocycles. The summed E-state index contributed by atoms with van der Waals surface area (Å²) < 4.78 is 5.55. The number of rotatable bonds is 4. The first-order chi connectivity index (χ1) is 16.6. The Hall–Kier alpha value is -3.09. The van der Waals surface area contributed by atoms with Crippen molar-refractivity contribution >= 4 is 29.1 Å². The van der Waals surface area contributed by atoms with Crippen molar-refractivity contribution in [1.82, 2.24) is 4.90 Å². The van der Waals surface area contributed by atoms with Gasteiger partial charge in [0.15, 0.2) is 5.78 Å². The fraction of sp³-hybridized carbons (Fsp3) is 0.286. The molecule has 5 nitrogen and oxygen atoms in total. The number of carbonyl (C=O) groups is 2. The SMILES string of the molecule is COc1ccc2c(c1)C1(C(=O)N2)C(C(=O)c2ccc(C)cc2)C(c2ccccc2)C2CSCN21. The van der Waals surface area contributed by atoms with E-state index in [4.69, 9.17) is 4.74 Å². The summed E-state index contributed by atoms with van der Waals surface area (Å²) in [5, 5.41) is 3.11. The van der Waals surface area contributed by atoms with Crippen LogP contribution in [0.1, 0.15) is 33.0 Å². The molecule has 2 saturated heterocycles. The summed E-state index contributed by atoms with van der Waals surface area (Å²) in [6.45, 7) is 2.01. The number of anilines is 1. The first-order valence-electron chi connectivity index (χ1n) is 11.6. The van der Waals surface area contributed by atoms with Gasteiger partial charge in [0, 0.05) is 40.4 Å². The number of hydrogen-bond acceptors (Lipinski definition) is 5. The second-order valence-corrected chi connectivity index (χ2v) is 10.3. The maximum absolute atomic E-state index is 14.4. The number of hydrogen-bond donors (Lipinski definition) is 1. The van der Waals surface area contributed by atoms with Crippen LogP contribution in [0.25, 0.3) is 0 Å². The van der Waals surface area contributed by atoms with Gasteiger partial charge in [-0.15, -0.1) is 11.8 Å². The molecule has 4 atom stereocenters. The van der Waals surface area contributed by atoms with Gasteiger partial charge >= 0.3 is 0 Å². The van der Waals surface area contributed by atoms with Gasteiger partial charge in [0.05, 0.1) is 13.0 Å². The Morgan fingerprint density at radius 3 is 2.59 bits per heavy atom. The summed E-state index contributed by atoms with van der Waals surface area (Å²) in [5.74, 6) is 1.50. The Kier molecular flexibility index (Phi) is 5.04. The molecule has 3 aliphatic rings. The Labute approximate surface area is 203 Å². The van der Waals surface area contributed by atoms with E-state index in [0.717, 1.165) is 28.1 Å². The van der Waals surface area contributed by atoms with Gasteiger partial charge in [-0.1, -0.05) is 60.2 Å². The zero-order chi connectivity index (χ0) is 23.4. The summed E-state index contributed by atoms with van der Waals surface area (Å²) in [6.07, 6.45) is 0.